The molecule has 1 amide bonds. The van der Waals surface area contributed by atoms with Gasteiger partial charge in [-0.3, -0.25) is 4.79 Å². The molecule has 0 saturated carbocycles. The SMILES string of the molecule is CCc1ccc2c(c1)[C@]1(Oc3ccccc3[C@@H]3CC(c4ccc(Cl)cc4)=NN31)C(=O)N2. The van der Waals surface area contributed by atoms with E-state index in [4.69, 9.17) is 21.4 Å². The zero-order chi connectivity index (χ0) is 21.2. The molecular formula is C25H20ClN3O2. The number of hydrogen-bond acceptors (Lipinski definition) is 4. The van der Waals surface area contributed by atoms with Crippen molar-refractivity contribution in [1.29, 1.82) is 0 Å². The zero-order valence-electron chi connectivity index (χ0n) is 16.9. The molecule has 31 heavy (non-hydrogen) atoms. The van der Waals surface area contributed by atoms with Crippen LogP contribution in [-0.4, -0.2) is 16.6 Å². The number of anilines is 1. The van der Waals surface area contributed by atoms with Crippen LogP contribution in [-0.2, 0) is 16.9 Å². The minimum Gasteiger partial charge on any atom is -0.453 e. The van der Waals surface area contributed by atoms with Crippen LogP contribution in [0.3, 0.4) is 0 Å². The zero-order valence-corrected chi connectivity index (χ0v) is 17.7. The third-order valence-corrected chi connectivity index (χ3v) is 6.61. The lowest BCUT2D eigenvalue weighted by molar-refractivity contribution is -0.161. The Hall–Kier alpha value is -3.31. The molecule has 0 unspecified atom stereocenters. The topological polar surface area (TPSA) is 53.9 Å². The molecule has 0 aromatic heterocycles. The highest BCUT2D eigenvalue weighted by molar-refractivity contribution is 6.30. The molecule has 6 rings (SSSR count). The predicted molar refractivity (Wildman–Crippen MR) is 120 cm³/mol. The van der Waals surface area contributed by atoms with E-state index in [0.29, 0.717) is 11.4 Å². The van der Waals surface area contributed by atoms with Crippen LogP contribution in [0, 0.1) is 0 Å². The van der Waals surface area contributed by atoms with E-state index in [0.717, 1.165) is 45.8 Å². The highest BCUT2D eigenvalue weighted by atomic mass is 35.5. The Balaban J connectivity index is 1.56. The molecule has 1 spiro atoms. The van der Waals surface area contributed by atoms with Crippen LogP contribution in [0.15, 0.2) is 71.8 Å². The molecule has 2 atom stereocenters. The first-order valence-corrected chi connectivity index (χ1v) is 10.8. The lowest BCUT2D eigenvalue weighted by atomic mass is 9.91. The van der Waals surface area contributed by atoms with Crippen molar-refractivity contribution in [2.45, 2.75) is 31.5 Å². The number of amides is 1. The van der Waals surface area contributed by atoms with E-state index in [-0.39, 0.29) is 11.9 Å². The monoisotopic (exact) mass is 429 g/mol. The van der Waals surface area contributed by atoms with Gasteiger partial charge in [0, 0.05) is 17.0 Å². The van der Waals surface area contributed by atoms with Crippen LogP contribution < -0.4 is 10.1 Å². The molecule has 3 aromatic carbocycles. The summed E-state index contributed by atoms with van der Waals surface area (Å²) >= 11 is 6.09. The van der Waals surface area contributed by atoms with Gasteiger partial charge in [0.2, 0.25) is 0 Å². The maximum atomic E-state index is 13.5. The van der Waals surface area contributed by atoms with Crippen LogP contribution in [0.25, 0.3) is 0 Å². The van der Waals surface area contributed by atoms with Crippen LogP contribution in [0.4, 0.5) is 5.69 Å². The Morgan fingerprint density at radius 2 is 1.97 bits per heavy atom. The molecule has 3 aliphatic heterocycles. The van der Waals surface area contributed by atoms with Gasteiger partial charge in [0.15, 0.2) is 0 Å². The molecule has 0 saturated heterocycles. The summed E-state index contributed by atoms with van der Waals surface area (Å²) in [5.41, 5.74) is 4.35. The number of hydrogen-bond donors (Lipinski definition) is 1. The summed E-state index contributed by atoms with van der Waals surface area (Å²) < 4.78 is 6.52. The summed E-state index contributed by atoms with van der Waals surface area (Å²) in [7, 11) is 0. The number of fused-ring (bicyclic) bond motifs is 6. The lowest BCUT2D eigenvalue weighted by Gasteiger charge is -2.44. The molecule has 3 aromatic rings. The van der Waals surface area contributed by atoms with Crippen molar-refractivity contribution in [3.8, 4) is 5.75 Å². The van der Waals surface area contributed by atoms with Crippen LogP contribution in [0.1, 0.15) is 41.6 Å². The number of aryl methyl sites for hydroxylation is 1. The van der Waals surface area contributed by atoms with Crippen molar-refractivity contribution >= 4 is 28.9 Å². The van der Waals surface area contributed by atoms with Crippen molar-refractivity contribution in [1.82, 2.24) is 5.01 Å². The smallest absolute Gasteiger partial charge is 0.306 e. The second-order valence-corrected chi connectivity index (χ2v) is 8.53. The lowest BCUT2D eigenvalue weighted by Crippen LogP contribution is -2.55. The molecule has 5 nitrogen and oxygen atoms in total. The number of carbonyl (C=O) groups is 1. The van der Waals surface area contributed by atoms with Gasteiger partial charge in [-0.25, -0.2) is 5.01 Å². The summed E-state index contributed by atoms with van der Waals surface area (Å²) in [5.74, 6) is 0.512. The van der Waals surface area contributed by atoms with Gasteiger partial charge < -0.3 is 10.1 Å². The normalized spacial score (nSPS) is 23.0. The van der Waals surface area contributed by atoms with Gasteiger partial charge in [-0.15, -0.1) is 0 Å². The molecule has 0 bridgehead atoms. The first kappa shape index (κ1) is 18.5. The van der Waals surface area contributed by atoms with Gasteiger partial charge in [-0.2, -0.15) is 5.10 Å². The molecule has 0 fully saturated rings. The van der Waals surface area contributed by atoms with Crippen molar-refractivity contribution < 1.29 is 9.53 Å². The largest absolute Gasteiger partial charge is 0.453 e. The predicted octanol–water partition coefficient (Wildman–Crippen LogP) is 5.25. The maximum absolute atomic E-state index is 13.5. The van der Waals surface area contributed by atoms with Gasteiger partial charge in [0.1, 0.15) is 5.75 Å². The number of rotatable bonds is 2. The number of para-hydroxylation sites is 1. The molecule has 6 heteroatoms. The highest BCUT2D eigenvalue weighted by Crippen LogP contribution is 2.54. The van der Waals surface area contributed by atoms with Crippen LogP contribution in [0.2, 0.25) is 5.02 Å². The van der Waals surface area contributed by atoms with Crippen LogP contribution >= 0.6 is 11.6 Å². The second-order valence-electron chi connectivity index (χ2n) is 8.09. The van der Waals surface area contributed by atoms with Crippen molar-refractivity contribution in [2.75, 3.05) is 5.32 Å². The second kappa shape index (κ2) is 6.59. The number of carbonyl (C=O) groups excluding carboxylic acids is 1. The number of nitrogens with zero attached hydrogens (tertiary/aromatic N) is 2. The number of nitrogens with one attached hydrogen (secondary N) is 1. The number of benzene rings is 3. The third-order valence-electron chi connectivity index (χ3n) is 6.36. The van der Waals surface area contributed by atoms with Gasteiger partial charge in [0.05, 0.1) is 23.0 Å². The van der Waals surface area contributed by atoms with E-state index < -0.39 is 5.72 Å². The summed E-state index contributed by atoms with van der Waals surface area (Å²) in [6, 6.07) is 21.5. The summed E-state index contributed by atoms with van der Waals surface area (Å²) in [5, 5.41) is 10.5. The number of halogens is 1. The maximum Gasteiger partial charge on any atom is 0.306 e. The Labute approximate surface area is 185 Å². The van der Waals surface area contributed by atoms with E-state index >= 15 is 0 Å². The fourth-order valence-corrected chi connectivity index (χ4v) is 4.90. The quantitative estimate of drug-likeness (QED) is 0.605. The minimum atomic E-state index is -1.33. The van der Waals surface area contributed by atoms with Gasteiger partial charge in [0.25, 0.3) is 5.91 Å². The Bertz CT molecular complexity index is 1250. The van der Waals surface area contributed by atoms with E-state index in [9.17, 15) is 4.79 Å². The number of hydrazone groups is 1. The van der Waals surface area contributed by atoms with E-state index in [2.05, 4.69) is 24.4 Å². The minimum absolute atomic E-state index is 0.0994. The Morgan fingerprint density at radius 3 is 2.77 bits per heavy atom. The summed E-state index contributed by atoms with van der Waals surface area (Å²) in [6.07, 6.45) is 1.55. The van der Waals surface area contributed by atoms with Crippen molar-refractivity contribution in [3.63, 3.8) is 0 Å². The molecule has 1 N–H and O–H groups in total. The number of ether oxygens (including phenoxy) is 1. The fourth-order valence-electron chi connectivity index (χ4n) is 4.77. The fraction of sp³-hybridized carbons (Fsp3) is 0.200. The van der Waals surface area contributed by atoms with Crippen molar-refractivity contribution in [3.05, 3.63) is 94.0 Å². The van der Waals surface area contributed by atoms with Crippen LogP contribution in [0.5, 0.6) is 5.75 Å². The molecule has 0 aliphatic carbocycles. The third kappa shape index (κ3) is 2.56. The first-order chi connectivity index (χ1) is 15.1. The molecule has 3 aliphatic rings. The van der Waals surface area contributed by atoms with E-state index in [1.165, 1.54) is 0 Å². The van der Waals surface area contributed by atoms with E-state index in [1.54, 1.807) is 0 Å². The summed E-state index contributed by atoms with van der Waals surface area (Å²) in [6.45, 7) is 2.10. The van der Waals surface area contributed by atoms with E-state index in [1.807, 2.05) is 59.6 Å². The Morgan fingerprint density at radius 1 is 1.16 bits per heavy atom. The molecular weight excluding hydrogens is 410 g/mol. The van der Waals surface area contributed by atoms with Gasteiger partial charge in [-0.1, -0.05) is 54.9 Å². The highest BCUT2D eigenvalue weighted by Gasteiger charge is 2.60. The summed E-state index contributed by atoms with van der Waals surface area (Å²) in [4.78, 5) is 13.5. The van der Waals surface area contributed by atoms with Gasteiger partial charge in [-0.05, 0) is 47.9 Å². The standard InChI is InChI=1S/C25H20ClN3O2/c1-2-15-7-12-20-19(13-15)25(24(30)27-20)29-22(18-5-3-4-6-23(18)31-25)14-21(28-29)16-8-10-17(26)11-9-16/h3-13,22H,2,14H2,1H3,(H,27,30)/t22-,25-/m0/s1. The first-order valence-electron chi connectivity index (χ1n) is 10.5. The average Bonchev–Trinajstić information content (AvgIpc) is 3.35. The average molecular weight is 430 g/mol. The van der Waals surface area contributed by atoms with Gasteiger partial charge >= 0.3 is 5.72 Å². The Kier molecular flexibility index (Phi) is 3.93. The molecule has 154 valence electrons. The molecule has 0 radical (unpaired) electrons. The van der Waals surface area contributed by atoms with Crippen molar-refractivity contribution in [2.24, 2.45) is 5.10 Å². The molecule has 3 heterocycles.